The maximum Gasteiger partial charge on any atom is 0.327 e. The van der Waals surface area contributed by atoms with E-state index < -0.39 is 12.0 Å². The topological polar surface area (TPSA) is 76.1 Å². The van der Waals surface area contributed by atoms with Crippen LogP contribution in [0.1, 0.15) is 17.3 Å². The van der Waals surface area contributed by atoms with Gasteiger partial charge in [0.15, 0.2) is 11.5 Å². The first-order valence-corrected chi connectivity index (χ1v) is 7.70. The molecule has 1 aromatic carbocycles. The Balaban J connectivity index is 1.96. The molecule has 2 unspecified atom stereocenters. The van der Waals surface area contributed by atoms with Gasteiger partial charge in [-0.1, -0.05) is 6.07 Å². The number of aliphatic carboxylic acids is 1. The van der Waals surface area contributed by atoms with Gasteiger partial charge in [-0.05, 0) is 19.1 Å². The molecule has 21 heavy (non-hydrogen) atoms. The van der Waals surface area contributed by atoms with E-state index in [1.807, 2.05) is 6.92 Å². The van der Waals surface area contributed by atoms with Crippen molar-refractivity contribution in [2.45, 2.75) is 18.3 Å². The molecule has 2 atom stereocenters. The average Bonchev–Trinajstić information content (AvgIpc) is 2.88. The molecule has 0 spiro atoms. The zero-order chi connectivity index (χ0) is 15.0. The third-order valence-electron chi connectivity index (χ3n) is 3.54. The van der Waals surface area contributed by atoms with Crippen molar-refractivity contribution in [3.8, 4) is 11.5 Å². The number of thioether (sulfide) groups is 1. The van der Waals surface area contributed by atoms with Crippen LogP contribution >= 0.6 is 11.8 Å². The number of carbonyl (C=O) groups excluding carboxylic acids is 1. The van der Waals surface area contributed by atoms with E-state index in [4.69, 9.17) is 9.47 Å². The van der Waals surface area contributed by atoms with Crippen molar-refractivity contribution in [3.63, 3.8) is 0 Å². The Hall–Kier alpha value is -1.89. The third kappa shape index (κ3) is 2.42. The van der Waals surface area contributed by atoms with E-state index in [0.29, 0.717) is 36.0 Å². The Morgan fingerprint density at radius 1 is 1.33 bits per heavy atom. The molecule has 0 saturated carbocycles. The molecule has 112 valence electrons. The van der Waals surface area contributed by atoms with E-state index in [9.17, 15) is 14.7 Å². The highest BCUT2D eigenvalue weighted by atomic mass is 32.2. The third-order valence-corrected chi connectivity index (χ3v) is 4.76. The molecule has 0 aliphatic carbocycles. The Labute approximate surface area is 126 Å². The largest absolute Gasteiger partial charge is 0.486 e. The minimum atomic E-state index is -0.984. The van der Waals surface area contributed by atoms with Crippen molar-refractivity contribution in [1.82, 2.24) is 4.90 Å². The fraction of sp³-hybridized carbons (Fsp3) is 0.429. The molecule has 3 rings (SSSR count). The lowest BCUT2D eigenvalue weighted by molar-refractivity contribution is -0.141. The summed E-state index contributed by atoms with van der Waals surface area (Å²) in [5, 5.41) is 9.09. The molecular formula is C14H15NO5S. The molecule has 0 radical (unpaired) electrons. The second kappa shape index (κ2) is 5.48. The molecule has 6 nitrogen and oxygen atoms in total. The number of hydrogen-bond donors (Lipinski definition) is 1. The number of nitrogens with zero attached hydrogens (tertiary/aromatic N) is 1. The van der Waals surface area contributed by atoms with Crippen LogP contribution in [0.3, 0.4) is 0 Å². The number of amides is 1. The summed E-state index contributed by atoms with van der Waals surface area (Å²) < 4.78 is 11.0. The van der Waals surface area contributed by atoms with Crippen molar-refractivity contribution in [2.75, 3.05) is 19.0 Å². The number of hydrogen-bond acceptors (Lipinski definition) is 5. The van der Waals surface area contributed by atoms with Crippen molar-refractivity contribution >= 4 is 23.6 Å². The first kappa shape index (κ1) is 14.1. The van der Waals surface area contributed by atoms with Crippen molar-refractivity contribution < 1.29 is 24.2 Å². The van der Waals surface area contributed by atoms with Crippen LogP contribution in [0.2, 0.25) is 0 Å². The zero-order valence-corrected chi connectivity index (χ0v) is 12.3. The molecular weight excluding hydrogens is 294 g/mol. The van der Waals surface area contributed by atoms with Gasteiger partial charge < -0.3 is 19.5 Å². The SMILES string of the molecule is CC1SCC(C(=O)O)N1C(=O)c1cccc2c1OCCO2. The second-order valence-electron chi connectivity index (χ2n) is 4.83. The molecule has 1 saturated heterocycles. The molecule has 1 aromatic rings. The van der Waals surface area contributed by atoms with E-state index in [1.54, 1.807) is 18.2 Å². The average molecular weight is 309 g/mol. The van der Waals surface area contributed by atoms with Gasteiger partial charge in [-0.2, -0.15) is 0 Å². The first-order valence-electron chi connectivity index (χ1n) is 6.65. The smallest absolute Gasteiger partial charge is 0.327 e. The van der Waals surface area contributed by atoms with Gasteiger partial charge in [0.1, 0.15) is 19.3 Å². The minimum absolute atomic E-state index is 0.182. The fourth-order valence-electron chi connectivity index (χ4n) is 2.52. The van der Waals surface area contributed by atoms with Crippen molar-refractivity contribution in [3.05, 3.63) is 23.8 Å². The minimum Gasteiger partial charge on any atom is -0.486 e. The van der Waals surface area contributed by atoms with Gasteiger partial charge in [-0.15, -0.1) is 11.8 Å². The van der Waals surface area contributed by atoms with Crippen molar-refractivity contribution in [2.24, 2.45) is 0 Å². The molecule has 1 N–H and O–H groups in total. The van der Waals surface area contributed by atoms with Crippen LogP contribution in [0, 0.1) is 0 Å². The summed E-state index contributed by atoms with van der Waals surface area (Å²) in [6.45, 7) is 2.65. The number of carbonyl (C=O) groups is 2. The Morgan fingerprint density at radius 2 is 2.10 bits per heavy atom. The Bertz CT molecular complexity index is 591. The van der Waals surface area contributed by atoms with Crippen LogP contribution in [0.5, 0.6) is 11.5 Å². The predicted molar refractivity (Wildman–Crippen MR) is 76.9 cm³/mol. The predicted octanol–water partition coefficient (Wildman–Crippen LogP) is 1.45. The highest BCUT2D eigenvalue weighted by Crippen LogP contribution is 2.37. The van der Waals surface area contributed by atoms with Gasteiger partial charge in [0, 0.05) is 5.75 Å². The quantitative estimate of drug-likeness (QED) is 0.891. The van der Waals surface area contributed by atoms with Gasteiger partial charge in [0.05, 0.1) is 10.9 Å². The number of ether oxygens (including phenoxy) is 2. The molecule has 2 aliphatic heterocycles. The van der Waals surface area contributed by atoms with Gasteiger partial charge in [-0.25, -0.2) is 4.79 Å². The molecule has 2 heterocycles. The Morgan fingerprint density at radius 3 is 2.86 bits per heavy atom. The molecule has 7 heteroatoms. The monoisotopic (exact) mass is 309 g/mol. The highest BCUT2D eigenvalue weighted by molar-refractivity contribution is 8.00. The van der Waals surface area contributed by atoms with Gasteiger partial charge in [0.2, 0.25) is 0 Å². The summed E-state index contributed by atoms with van der Waals surface area (Å²) in [4.78, 5) is 25.5. The van der Waals surface area contributed by atoms with Crippen LogP contribution in [0.4, 0.5) is 0 Å². The summed E-state index contributed by atoms with van der Waals surface area (Å²) in [7, 11) is 0. The summed E-state index contributed by atoms with van der Waals surface area (Å²) in [6, 6.07) is 4.29. The van der Waals surface area contributed by atoms with Crippen LogP contribution in [0.15, 0.2) is 18.2 Å². The second-order valence-corrected chi connectivity index (χ2v) is 6.18. The van der Waals surface area contributed by atoms with E-state index >= 15 is 0 Å². The number of carboxylic acids is 1. The van der Waals surface area contributed by atoms with E-state index in [0.717, 1.165) is 0 Å². The highest BCUT2D eigenvalue weighted by Gasteiger charge is 2.41. The Kier molecular flexibility index (Phi) is 3.67. The molecule has 1 fully saturated rings. The number of carboxylic acid groups (broad SMARTS) is 1. The number of benzene rings is 1. The van der Waals surface area contributed by atoms with Gasteiger partial charge in [-0.3, -0.25) is 4.79 Å². The number of rotatable bonds is 2. The van der Waals surface area contributed by atoms with E-state index in [-0.39, 0.29) is 11.3 Å². The lowest BCUT2D eigenvalue weighted by Crippen LogP contribution is -2.45. The molecule has 2 aliphatic rings. The van der Waals surface area contributed by atoms with Crippen LogP contribution in [-0.2, 0) is 4.79 Å². The van der Waals surface area contributed by atoms with E-state index in [2.05, 4.69) is 0 Å². The zero-order valence-electron chi connectivity index (χ0n) is 11.4. The van der Waals surface area contributed by atoms with Crippen LogP contribution in [-0.4, -0.2) is 52.3 Å². The van der Waals surface area contributed by atoms with Gasteiger partial charge >= 0.3 is 5.97 Å². The lowest BCUT2D eigenvalue weighted by atomic mass is 10.1. The first-order chi connectivity index (χ1) is 10.1. The molecule has 1 amide bonds. The standard InChI is InChI=1S/C14H15NO5S/c1-8-15(10(7-21-8)14(17)18)13(16)9-3-2-4-11-12(9)20-6-5-19-11/h2-4,8,10H,5-7H2,1H3,(H,17,18). The lowest BCUT2D eigenvalue weighted by Gasteiger charge is -2.27. The fourth-order valence-corrected chi connectivity index (χ4v) is 3.69. The normalized spacial score (nSPS) is 24.0. The summed E-state index contributed by atoms with van der Waals surface area (Å²) >= 11 is 1.45. The van der Waals surface area contributed by atoms with Crippen LogP contribution < -0.4 is 9.47 Å². The van der Waals surface area contributed by atoms with E-state index in [1.165, 1.54) is 16.7 Å². The molecule has 0 aromatic heterocycles. The van der Waals surface area contributed by atoms with Crippen LogP contribution in [0.25, 0.3) is 0 Å². The molecule has 0 bridgehead atoms. The summed E-state index contributed by atoms with van der Waals surface area (Å²) in [5.74, 6) is 0.0131. The maximum absolute atomic E-state index is 12.8. The summed E-state index contributed by atoms with van der Waals surface area (Å²) in [5.41, 5.74) is 0.354. The van der Waals surface area contributed by atoms with Gasteiger partial charge in [0.25, 0.3) is 5.91 Å². The summed E-state index contributed by atoms with van der Waals surface area (Å²) in [6.07, 6.45) is 0. The van der Waals surface area contributed by atoms with Crippen molar-refractivity contribution in [1.29, 1.82) is 0 Å². The number of fused-ring (bicyclic) bond motifs is 1. The number of para-hydroxylation sites is 1. The maximum atomic E-state index is 12.8.